The number of hydrogen-bond acceptors (Lipinski definition) is 2. The molecule has 1 aliphatic rings. The van der Waals surface area contributed by atoms with E-state index in [2.05, 4.69) is 13.2 Å². The van der Waals surface area contributed by atoms with Gasteiger partial charge in [-0.2, -0.15) is 4.39 Å². The molecule has 0 atom stereocenters. The maximum atomic E-state index is 13.9. The molecular weight excluding hydrogens is 262 g/mol. The maximum absolute atomic E-state index is 13.9. The average molecular weight is 280 g/mol. The molecule has 1 aromatic rings. The molecule has 0 amide bonds. The van der Waals surface area contributed by atoms with Crippen molar-refractivity contribution < 1.29 is 18.3 Å². The van der Waals surface area contributed by atoms with E-state index in [0.29, 0.717) is 24.8 Å². The molecule has 0 saturated carbocycles. The molecule has 2 rings (SSSR count). The fourth-order valence-corrected chi connectivity index (χ4v) is 2.01. The Labute approximate surface area is 117 Å². The number of carbonyl (C=O) groups excluding carboxylic acids is 1. The van der Waals surface area contributed by atoms with E-state index in [1.807, 2.05) is 0 Å². The van der Waals surface area contributed by atoms with Crippen molar-refractivity contribution >= 4 is 11.4 Å². The Hall–Kier alpha value is -1.97. The highest BCUT2D eigenvalue weighted by Gasteiger charge is 2.19. The summed E-state index contributed by atoms with van der Waals surface area (Å²) in [5.41, 5.74) is 0.914. The van der Waals surface area contributed by atoms with Crippen LogP contribution in [0.3, 0.4) is 0 Å². The lowest BCUT2D eigenvalue weighted by Crippen LogP contribution is -2.06. The topological polar surface area (TPSA) is 26.3 Å². The van der Waals surface area contributed by atoms with Crippen LogP contribution in [0.5, 0.6) is 5.75 Å². The lowest BCUT2D eigenvalue weighted by atomic mass is 9.92. The van der Waals surface area contributed by atoms with Gasteiger partial charge in [0.2, 0.25) is 5.82 Å². The number of benzene rings is 1. The third kappa shape index (κ3) is 3.53. The predicted octanol–water partition coefficient (Wildman–Crippen LogP) is 4.30. The smallest absolute Gasteiger partial charge is 0.201 e. The molecule has 0 radical (unpaired) electrons. The monoisotopic (exact) mass is 280 g/mol. The van der Waals surface area contributed by atoms with E-state index in [9.17, 15) is 13.6 Å². The summed E-state index contributed by atoms with van der Waals surface area (Å²) >= 11 is 0. The Morgan fingerprint density at radius 3 is 2.45 bits per heavy atom. The predicted molar refractivity (Wildman–Crippen MR) is 75.6 cm³/mol. The number of ketones is 1. The summed E-state index contributed by atoms with van der Waals surface area (Å²) in [4.78, 5) is 11.1. The van der Waals surface area contributed by atoms with Gasteiger partial charge in [-0.05, 0) is 31.1 Å². The Kier molecular flexibility index (Phi) is 6.10. The molecule has 0 unspecified atom stereocenters. The SMILES string of the molecule is C=C.CCOc1ccc(C2=CCC(=O)CC2)c(F)c1F. The Morgan fingerprint density at radius 2 is 1.90 bits per heavy atom. The second-order valence-electron chi connectivity index (χ2n) is 4.14. The van der Waals surface area contributed by atoms with Crippen LogP contribution in [-0.4, -0.2) is 12.4 Å². The van der Waals surface area contributed by atoms with Gasteiger partial charge in [-0.25, -0.2) is 4.39 Å². The third-order valence-corrected chi connectivity index (χ3v) is 2.94. The molecule has 1 aromatic carbocycles. The molecule has 20 heavy (non-hydrogen) atoms. The summed E-state index contributed by atoms with van der Waals surface area (Å²) in [5.74, 6) is -1.81. The Morgan fingerprint density at radius 1 is 1.20 bits per heavy atom. The van der Waals surface area contributed by atoms with Gasteiger partial charge in [0.15, 0.2) is 11.6 Å². The number of ether oxygens (including phenoxy) is 1. The zero-order valence-corrected chi connectivity index (χ0v) is 11.5. The second kappa shape index (κ2) is 7.58. The summed E-state index contributed by atoms with van der Waals surface area (Å²) in [7, 11) is 0. The van der Waals surface area contributed by atoms with E-state index in [-0.39, 0.29) is 23.7 Å². The fourth-order valence-electron chi connectivity index (χ4n) is 2.01. The lowest BCUT2D eigenvalue weighted by molar-refractivity contribution is -0.118. The third-order valence-electron chi connectivity index (χ3n) is 2.94. The summed E-state index contributed by atoms with van der Waals surface area (Å²) < 4.78 is 32.6. The minimum absolute atomic E-state index is 0.0776. The molecule has 0 bridgehead atoms. The molecule has 0 saturated heterocycles. The van der Waals surface area contributed by atoms with E-state index in [1.165, 1.54) is 12.1 Å². The lowest BCUT2D eigenvalue weighted by Gasteiger charge is -2.14. The first-order valence-corrected chi connectivity index (χ1v) is 6.45. The van der Waals surface area contributed by atoms with Crippen LogP contribution in [0.2, 0.25) is 0 Å². The Balaban J connectivity index is 0.000000956. The van der Waals surface area contributed by atoms with Crippen LogP contribution in [0.4, 0.5) is 8.78 Å². The fraction of sp³-hybridized carbons (Fsp3) is 0.312. The van der Waals surface area contributed by atoms with Crippen LogP contribution >= 0.6 is 0 Å². The molecule has 0 heterocycles. The summed E-state index contributed by atoms with van der Waals surface area (Å²) in [5, 5.41) is 0. The van der Waals surface area contributed by atoms with E-state index in [4.69, 9.17) is 4.74 Å². The van der Waals surface area contributed by atoms with Crippen molar-refractivity contribution in [1.29, 1.82) is 0 Å². The zero-order valence-electron chi connectivity index (χ0n) is 11.5. The number of halogens is 2. The van der Waals surface area contributed by atoms with Crippen molar-refractivity contribution in [3.05, 3.63) is 48.6 Å². The maximum Gasteiger partial charge on any atom is 0.201 e. The van der Waals surface area contributed by atoms with Gasteiger partial charge >= 0.3 is 0 Å². The van der Waals surface area contributed by atoms with Crippen LogP contribution in [0.25, 0.3) is 5.57 Å². The van der Waals surface area contributed by atoms with E-state index in [0.717, 1.165) is 0 Å². The van der Waals surface area contributed by atoms with Crippen molar-refractivity contribution in [1.82, 2.24) is 0 Å². The highest BCUT2D eigenvalue weighted by Crippen LogP contribution is 2.31. The molecule has 0 aromatic heterocycles. The summed E-state index contributed by atoms with van der Waals surface area (Å²) in [6.07, 6.45) is 2.82. The van der Waals surface area contributed by atoms with Gasteiger partial charge < -0.3 is 4.74 Å². The zero-order chi connectivity index (χ0) is 15.1. The summed E-state index contributed by atoms with van der Waals surface area (Å²) in [6, 6.07) is 2.93. The van der Waals surface area contributed by atoms with Gasteiger partial charge in [0, 0.05) is 18.4 Å². The highest BCUT2D eigenvalue weighted by molar-refractivity contribution is 5.87. The van der Waals surface area contributed by atoms with Gasteiger partial charge in [0.1, 0.15) is 5.78 Å². The van der Waals surface area contributed by atoms with Crippen LogP contribution in [0, 0.1) is 11.6 Å². The van der Waals surface area contributed by atoms with Crippen molar-refractivity contribution in [2.45, 2.75) is 26.2 Å². The second-order valence-corrected chi connectivity index (χ2v) is 4.14. The van der Waals surface area contributed by atoms with Crippen LogP contribution < -0.4 is 4.74 Å². The Bertz CT molecular complexity index is 521. The van der Waals surface area contributed by atoms with Crippen LogP contribution in [0.1, 0.15) is 31.7 Å². The first kappa shape index (κ1) is 16.1. The molecule has 108 valence electrons. The number of Topliss-reactive ketones (excluding diaryl/α,β-unsaturated/α-hetero) is 1. The number of carbonyl (C=O) groups is 1. The van der Waals surface area contributed by atoms with Crippen molar-refractivity contribution in [3.63, 3.8) is 0 Å². The molecule has 2 nitrogen and oxygen atoms in total. The van der Waals surface area contributed by atoms with Gasteiger partial charge in [-0.1, -0.05) is 6.08 Å². The van der Waals surface area contributed by atoms with Crippen LogP contribution in [-0.2, 0) is 4.79 Å². The van der Waals surface area contributed by atoms with Gasteiger partial charge in [-0.3, -0.25) is 4.79 Å². The molecular formula is C16H18F2O2. The normalized spacial score (nSPS) is 14.2. The number of hydrogen-bond donors (Lipinski definition) is 0. The first-order chi connectivity index (χ1) is 9.63. The minimum Gasteiger partial charge on any atom is -0.491 e. The van der Waals surface area contributed by atoms with Gasteiger partial charge in [0.05, 0.1) is 6.61 Å². The van der Waals surface area contributed by atoms with E-state index >= 15 is 0 Å². The van der Waals surface area contributed by atoms with Gasteiger partial charge in [-0.15, -0.1) is 13.2 Å². The van der Waals surface area contributed by atoms with Crippen molar-refractivity contribution in [3.8, 4) is 5.75 Å². The molecule has 0 N–H and O–H groups in total. The van der Waals surface area contributed by atoms with Crippen molar-refractivity contribution in [2.75, 3.05) is 6.61 Å². The molecule has 0 aliphatic heterocycles. The van der Waals surface area contributed by atoms with Crippen molar-refractivity contribution in [2.24, 2.45) is 0 Å². The largest absolute Gasteiger partial charge is 0.491 e. The first-order valence-electron chi connectivity index (χ1n) is 6.45. The van der Waals surface area contributed by atoms with E-state index in [1.54, 1.807) is 13.0 Å². The molecule has 1 aliphatic carbocycles. The molecule has 0 spiro atoms. The minimum atomic E-state index is -0.966. The number of allylic oxidation sites excluding steroid dienone is 2. The molecule has 4 heteroatoms. The standard InChI is InChI=1S/C14H14F2O2.C2H4/c1-2-18-12-8-7-11(13(15)14(12)16)9-3-5-10(17)6-4-9;1-2/h3,7-8H,2,4-6H2,1H3;1-2H2. The summed E-state index contributed by atoms with van der Waals surface area (Å²) in [6.45, 7) is 7.99. The highest BCUT2D eigenvalue weighted by atomic mass is 19.2. The molecule has 0 fully saturated rings. The number of rotatable bonds is 3. The van der Waals surface area contributed by atoms with Crippen LogP contribution in [0.15, 0.2) is 31.4 Å². The average Bonchev–Trinajstić information content (AvgIpc) is 2.48. The van der Waals surface area contributed by atoms with Gasteiger partial charge in [0.25, 0.3) is 0 Å². The van der Waals surface area contributed by atoms with E-state index < -0.39 is 11.6 Å². The quantitative estimate of drug-likeness (QED) is 0.771.